The van der Waals surface area contributed by atoms with E-state index < -0.39 is 0 Å². The molecule has 0 aliphatic carbocycles. The van der Waals surface area contributed by atoms with Crippen molar-refractivity contribution in [3.05, 3.63) is 11.6 Å². The molecule has 1 amide bonds. The molecule has 1 heterocycles. The van der Waals surface area contributed by atoms with E-state index in [9.17, 15) is 4.79 Å². The second-order valence-corrected chi connectivity index (χ2v) is 4.09. The lowest BCUT2D eigenvalue weighted by Gasteiger charge is -2.13. The molecule has 7 nitrogen and oxygen atoms in total. The Kier molecular flexibility index (Phi) is 4.52. The highest BCUT2D eigenvalue weighted by Crippen LogP contribution is 2.49. The first-order chi connectivity index (χ1) is 9.71. The number of fused-ring (bicyclic) bond motifs is 1. The summed E-state index contributed by atoms with van der Waals surface area (Å²) in [5, 5.41) is 11.3. The number of nitrogens with one attached hydrogen (secondary N) is 1. The van der Waals surface area contributed by atoms with Crippen LogP contribution in [-0.2, 0) is 11.2 Å². The molecule has 1 aliphatic rings. The average molecular weight is 283 g/mol. The van der Waals surface area contributed by atoms with Gasteiger partial charge in [-0.25, -0.2) is 0 Å². The number of aliphatic hydroxyl groups excluding tert-OH is 1. The summed E-state index contributed by atoms with van der Waals surface area (Å²) in [4.78, 5) is 11.7. The summed E-state index contributed by atoms with van der Waals surface area (Å²) in [6.07, 6.45) is 0.0934. The largest absolute Gasteiger partial charge is 0.493 e. The van der Waals surface area contributed by atoms with E-state index in [4.69, 9.17) is 24.1 Å². The van der Waals surface area contributed by atoms with E-state index in [1.165, 1.54) is 14.2 Å². The Bertz CT molecular complexity index is 502. The van der Waals surface area contributed by atoms with E-state index >= 15 is 0 Å². The molecule has 1 aromatic rings. The lowest BCUT2D eigenvalue weighted by Crippen LogP contribution is -2.28. The highest BCUT2D eigenvalue weighted by molar-refractivity contribution is 5.80. The van der Waals surface area contributed by atoms with E-state index in [0.29, 0.717) is 28.6 Å². The quantitative estimate of drug-likeness (QED) is 0.769. The molecule has 0 spiro atoms. The zero-order valence-corrected chi connectivity index (χ0v) is 11.4. The van der Waals surface area contributed by atoms with Crippen molar-refractivity contribution in [1.82, 2.24) is 5.32 Å². The van der Waals surface area contributed by atoms with Crippen LogP contribution in [-0.4, -0.2) is 45.2 Å². The van der Waals surface area contributed by atoms with Gasteiger partial charge in [-0.2, -0.15) is 0 Å². The summed E-state index contributed by atoms with van der Waals surface area (Å²) in [6.45, 7) is 0.193. The van der Waals surface area contributed by atoms with E-state index in [0.717, 1.165) is 0 Å². The maximum absolute atomic E-state index is 11.7. The van der Waals surface area contributed by atoms with Crippen LogP contribution in [0.2, 0.25) is 0 Å². The van der Waals surface area contributed by atoms with Crippen molar-refractivity contribution in [1.29, 1.82) is 0 Å². The van der Waals surface area contributed by atoms with Crippen LogP contribution in [0, 0.1) is 0 Å². The summed E-state index contributed by atoms with van der Waals surface area (Å²) in [5.74, 6) is 1.64. The van der Waals surface area contributed by atoms with Crippen molar-refractivity contribution >= 4 is 5.91 Å². The normalized spacial score (nSPS) is 12.2. The van der Waals surface area contributed by atoms with Crippen molar-refractivity contribution < 1.29 is 28.8 Å². The summed E-state index contributed by atoms with van der Waals surface area (Å²) in [5.41, 5.74) is 0.629. The van der Waals surface area contributed by atoms with Crippen LogP contribution >= 0.6 is 0 Å². The molecule has 0 radical (unpaired) electrons. The molecule has 7 heteroatoms. The summed E-state index contributed by atoms with van der Waals surface area (Å²) < 4.78 is 21.2. The number of carbonyl (C=O) groups is 1. The van der Waals surface area contributed by atoms with Gasteiger partial charge in [0.05, 0.1) is 27.2 Å². The van der Waals surface area contributed by atoms with Gasteiger partial charge >= 0.3 is 0 Å². The van der Waals surface area contributed by atoms with Crippen LogP contribution in [0.1, 0.15) is 5.56 Å². The van der Waals surface area contributed by atoms with Crippen LogP contribution in [0.3, 0.4) is 0 Å². The predicted octanol–water partition coefficient (Wildman–Crippen LogP) is 0.0835. The van der Waals surface area contributed by atoms with Crippen molar-refractivity contribution in [2.24, 2.45) is 0 Å². The molecule has 1 aliphatic heterocycles. The van der Waals surface area contributed by atoms with Gasteiger partial charge in [-0.05, 0) is 6.07 Å². The van der Waals surface area contributed by atoms with Gasteiger partial charge in [0, 0.05) is 12.1 Å². The lowest BCUT2D eigenvalue weighted by molar-refractivity contribution is -0.120. The minimum absolute atomic E-state index is 0.0855. The van der Waals surface area contributed by atoms with Crippen LogP contribution < -0.4 is 24.3 Å². The van der Waals surface area contributed by atoms with Crippen LogP contribution in [0.15, 0.2) is 6.07 Å². The number of aliphatic hydroxyl groups is 1. The Morgan fingerprint density at radius 2 is 2.10 bits per heavy atom. The third-order valence-corrected chi connectivity index (χ3v) is 2.85. The fourth-order valence-electron chi connectivity index (χ4n) is 2.00. The van der Waals surface area contributed by atoms with Crippen molar-refractivity contribution in [2.45, 2.75) is 6.42 Å². The second kappa shape index (κ2) is 6.33. The zero-order valence-electron chi connectivity index (χ0n) is 11.4. The number of methoxy groups -OCH3 is 2. The first-order valence-electron chi connectivity index (χ1n) is 6.12. The van der Waals surface area contributed by atoms with E-state index in [1.54, 1.807) is 6.07 Å². The van der Waals surface area contributed by atoms with Crippen LogP contribution in [0.4, 0.5) is 0 Å². The Labute approximate surface area is 116 Å². The summed E-state index contributed by atoms with van der Waals surface area (Å²) in [7, 11) is 3.01. The Balaban J connectivity index is 2.30. The fraction of sp³-hybridized carbons (Fsp3) is 0.462. The molecule has 20 heavy (non-hydrogen) atoms. The highest BCUT2D eigenvalue weighted by Gasteiger charge is 2.27. The number of carbonyl (C=O) groups excluding carboxylic acids is 1. The van der Waals surface area contributed by atoms with E-state index in [-0.39, 0.29) is 32.3 Å². The molecule has 0 aromatic heterocycles. The molecular formula is C13H17NO6. The van der Waals surface area contributed by atoms with Crippen molar-refractivity contribution in [2.75, 3.05) is 34.2 Å². The minimum atomic E-state index is -0.224. The Hall–Kier alpha value is -2.15. The summed E-state index contributed by atoms with van der Waals surface area (Å²) >= 11 is 0. The van der Waals surface area contributed by atoms with Gasteiger partial charge in [0.15, 0.2) is 11.5 Å². The van der Waals surface area contributed by atoms with Gasteiger partial charge in [-0.15, -0.1) is 0 Å². The van der Waals surface area contributed by atoms with E-state index in [2.05, 4.69) is 5.32 Å². The van der Waals surface area contributed by atoms with Crippen molar-refractivity contribution in [3.63, 3.8) is 0 Å². The number of ether oxygens (including phenoxy) is 4. The number of hydrogen-bond acceptors (Lipinski definition) is 6. The Morgan fingerprint density at radius 1 is 1.35 bits per heavy atom. The van der Waals surface area contributed by atoms with Gasteiger partial charge in [0.25, 0.3) is 0 Å². The third-order valence-electron chi connectivity index (χ3n) is 2.85. The molecule has 2 rings (SSSR count). The molecule has 110 valence electrons. The SMILES string of the molecule is COc1cc(CC(=O)NCCO)c(OC)c2c1OCO2. The first-order valence-corrected chi connectivity index (χ1v) is 6.12. The van der Waals surface area contributed by atoms with Gasteiger partial charge in [0.1, 0.15) is 0 Å². The molecule has 0 saturated heterocycles. The van der Waals surface area contributed by atoms with Crippen molar-refractivity contribution in [3.8, 4) is 23.0 Å². The maximum Gasteiger partial charge on any atom is 0.231 e. The van der Waals surface area contributed by atoms with E-state index in [1.807, 2.05) is 0 Å². The monoisotopic (exact) mass is 283 g/mol. The van der Waals surface area contributed by atoms with Gasteiger partial charge < -0.3 is 29.4 Å². The first kappa shape index (κ1) is 14.3. The third kappa shape index (κ3) is 2.72. The number of rotatable bonds is 6. The number of benzene rings is 1. The second-order valence-electron chi connectivity index (χ2n) is 4.09. The molecule has 0 fully saturated rings. The standard InChI is InChI=1S/C13H17NO6/c1-17-9-5-8(6-10(16)14-3-4-15)11(18-2)13-12(9)19-7-20-13/h5,15H,3-4,6-7H2,1-2H3,(H,14,16). The number of amides is 1. The van der Waals surface area contributed by atoms with Gasteiger partial charge in [-0.1, -0.05) is 0 Å². The zero-order chi connectivity index (χ0) is 14.5. The fourth-order valence-corrected chi connectivity index (χ4v) is 2.00. The summed E-state index contributed by atoms with van der Waals surface area (Å²) in [6, 6.07) is 1.69. The smallest absolute Gasteiger partial charge is 0.231 e. The molecule has 2 N–H and O–H groups in total. The maximum atomic E-state index is 11.7. The lowest BCUT2D eigenvalue weighted by atomic mass is 10.1. The number of hydrogen-bond donors (Lipinski definition) is 2. The topological polar surface area (TPSA) is 86.3 Å². The molecule has 0 bridgehead atoms. The molecule has 0 atom stereocenters. The average Bonchev–Trinajstić information content (AvgIpc) is 2.93. The molecular weight excluding hydrogens is 266 g/mol. The molecule has 1 aromatic carbocycles. The van der Waals surface area contributed by atoms with Crippen LogP contribution in [0.25, 0.3) is 0 Å². The highest BCUT2D eigenvalue weighted by atomic mass is 16.7. The molecule has 0 unspecified atom stereocenters. The Morgan fingerprint density at radius 3 is 2.75 bits per heavy atom. The molecule has 0 saturated carbocycles. The van der Waals surface area contributed by atoms with Gasteiger partial charge in [-0.3, -0.25) is 4.79 Å². The predicted molar refractivity (Wildman–Crippen MR) is 69.5 cm³/mol. The van der Waals surface area contributed by atoms with Crippen LogP contribution in [0.5, 0.6) is 23.0 Å². The minimum Gasteiger partial charge on any atom is -0.493 e. The van der Waals surface area contributed by atoms with Gasteiger partial charge in [0.2, 0.25) is 24.2 Å².